The quantitative estimate of drug-likeness (QED) is 0.669. The number of carbonyl (C=O) groups is 1. The van der Waals surface area contributed by atoms with Gasteiger partial charge in [-0.25, -0.2) is 4.39 Å². The summed E-state index contributed by atoms with van der Waals surface area (Å²) in [5.74, 6) is -0.282. The number of phenols is 1. The van der Waals surface area contributed by atoms with Crippen LogP contribution >= 0.6 is 0 Å². The minimum absolute atomic E-state index is 0.0356. The highest BCUT2D eigenvalue weighted by molar-refractivity contribution is 5.76. The number of aromatic hydroxyl groups is 1. The first-order chi connectivity index (χ1) is 8.65. The fourth-order valence-corrected chi connectivity index (χ4v) is 1.65. The molecule has 1 aliphatic carbocycles. The molecule has 0 spiro atoms. The minimum atomic E-state index is -0.379. The number of amides is 1. The number of nitrogens with one attached hydrogen (secondary N) is 2. The molecule has 4 nitrogen and oxygen atoms in total. The van der Waals surface area contributed by atoms with Crippen molar-refractivity contribution in [3.63, 3.8) is 0 Å². The van der Waals surface area contributed by atoms with E-state index in [0.717, 1.165) is 12.8 Å². The summed E-state index contributed by atoms with van der Waals surface area (Å²) in [6, 6.07) is 4.20. The predicted molar refractivity (Wildman–Crippen MR) is 65.6 cm³/mol. The molecular weight excluding hydrogens is 235 g/mol. The Labute approximate surface area is 105 Å². The Bertz CT molecular complexity index is 433. The fraction of sp³-hybridized carbons (Fsp3) is 0.462. The molecule has 1 fully saturated rings. The van der Waals surface area contributed by atoms with E-state index in [2.05, 4.69) is 10.6 Å². The molecule has 0 aromatic heterocycles. The summed E-state index contributed by atoms with van der Waals surface area (Å²) in [5.41, 5.74) is 0.498. The highest BCUT2D eigenvalue weighted by atomic mass is 19.1. The molecule has 0 atom stereocenters. The van der Waals surface area contributed by atoms with E-state index in [0.29, 0.717) is 31.1 Å². The van der Waals surface area contributed by atoms with E-state index in [1.165, 1.54) is 18.2 Å². The number of carbonyl (C=O) groups excluding carboxylic acids is 1. The van der Waals surface area contributed by atoms with Crippen molar-refractivity contribution in [1.29, 1.82) is 0 Å². The Morgan fingerprint density at radius 2 is 2.22 bits per heavy atom. The Morgan fingerprint density at radius 1 is 1.44 bits per heavy atom. The summed E-state index contributed by atoms with van der Waals surface area (Å²) in [5, 5.41) is 15.4. The lowest BCUT2D eigenvalue weighted by atomic mass is 10.2. The van der Waals surface area contributed by atoms with Gasteiger partial charge in [-0.15, -0.1) is 0 Å². The van der Waals surface area contributed by atoms with Crippen molar-refractivity contribution in [2.45, 2.75) is 31.8 Å². The van der Waals surface area contributed by atoms with E-state index in [4.69, 9.17) is 0 Å². The van der Waals surface area contributed by atoms with E-state index in [-0.39, 0.29) is 17.5 Å². The zero-order valence-corrected chi connectivity index (χ0v) is 10.1. The maximum atomic E-state index is 12.9. The molecule has 1 aliphatic rings. The largest absolute Gasteiger partial charge is 0.508 e. The molecule has 1 aromatic rings. The zero-order chi connectivity index (χ0) is 13.0. The second-order valence-electron chi connectivity index (χ2n) is 4.54. The molecule has 0 radical (unpaired) electrons. The SMILES string of the molecule is O=C(CCNCc1cc(F)ccc1O)NC1CC1. The number of phenolic OH excluding ortho intramolecular Hbond substituents is 1. The third kappa shape index (κ3) is 4.00. The van der Waals surface area contributed by atoms with Gasteiger partial charge >= 0.3 is 0 Å². The molecule has 1 aromatic carbocycles. The summed E-state index contributed by atoms with van der Waals surface area (Å²) in [7, 11) is 0. The topological polar surface area (TPSA) is 61.4 Å². The van der Waals surface area contributed by atoms with Crippen molar-refractivity contribution < 1.29 is 14.3 Å². The highest BCUT2D eigenvalue weighted by Gasteiger charge is 2.22. The van der Waals surface area contributed by atoms with Gasteiger partial charge in [0.25, 0.3) is 0 Å². The molecule has 5 heteroatoms. The van der Waals surface area contributed by atoms with Gasteiger partial charge in [0.1, 0.15) is 11.6 Å². The number of hydrogen-bond acceptors (Lipinski definition) is 3. The molecule has 1 saturated carbocycles. The van der Waals surface area contributed by atoms with Crippen LogP contribution < -0.4 is 10.6 Å². The van der Waals surface area contributed by atoms with E-state index in [1.807, 2.05) is 0 Å². The fourth-order valence-electron chi connectivity index (χ4n) is 1.65. The summed E-state index contributed by atoms with van der Waals surface area (Å²) >= 11 is 0. The lowest BCUT2D eigenvalue weighted by Crippen LogP contribution is -2.29. The third-order valence-electron chi connectivity index (χ3n) is 2.83. The number of benzene rings is 1. The van der Waals surface area contributed by atoms with Crippen molar-refractivity contribution in [1.82, 2.24) is 10.6 Å². The Balaban J connectivity index is 1.67. The summed E-state index contributed by atoms with van der Waals surface area (Å²) in [6.45, 7) is 0.856. The molecule has 3 N–H and O–H groups in total. The van der Waals surface area contributed by atoms with Crippen molar-refractivity contribution in [2.75, 3.05) is 6.54 Å². The molecule has 0 bridgehead atoms. The van der Waals surface area contributed by atoms with Gasteiger partial charge in [0, 0.05) is 31.1 Å². The van der Waals surface area contributed by atoms with Crippen LogP contribution in [0.2, 0.25) is 0 Å². The highest BCUT2D eigenvalue weighted by Crippen LogP contribution is 2.18. The van der Waals surface area contributed by atoms with Gasteiger partial charge in [-0.05, 0) is 31.0 Å². The van der Waals surface area contributed by atoms with Crippen molar-refractivity contribution in [3.05, 3.63) is 29.6 Å². The first-order valence-corrected chi connectivity index (χ1v) is 6.12. The van der Waals surface area contributed by atoms with Crippen LogP contribution in [0.5, 0.6) is 5.75 Å². The number of hydrogen-bond donors (Lipinski definition) is 3. The smallest absolute Gasteiger partial charge is 0.221 e. The van der Waals surface area contributed by atoms with E-state index < -0.39 is 0 Å². The molecule has 2 rings (SSSR count). The summed E-state index contributed by atoms with van der Waals surface area (Å²) < 4.78 is 12.9. The first-order valence-electron chi connectivity index (χ1n) is 6.12. The summed E-state index contributed by atoms with van der Waals surface area (Å²) in [6.07, 6.45) is 2.55. The lowest BCUT2D eigenvalue weighted by Gasteiger charge is -2.07. The molecule has 0 aliphatic heterocycles. The molecule has 98 valence electrons. The molecule has 0 heterocycles. The maximum Gasteiger partial charge on any atom is 0.221 e. The van der Waals surface area contributed by atoms with Crippen LogP contribution in [0.3, 0.4) is 0 Å². The second-order valence-corrected chi connectivity index (χ2v) is 4.54. The normalized spacial score (nSPS) is 14.5. The van der Waals surface area contributed by atoms with Crippen LogP contribution in [0.25, 0.3) is 0 Å². The Kier molecular flexibility index (Phi) is 4.15. The number of rotatable bonds is 6. The molecular formula is C13H17FN2O2. The van der Waals surface area contributed by atoms with Gasteiger partial charge in [0.05, 0.1) is 0 Å². The number of halogens is 1. The van der Waals surface area contributed by atoms with Crippen LogP contribution in [0.1, 0.15) is 24.8 Å². The Morgan fingerprint density at radius 3 is 2.94 bits per heavy atom. The average molecular weight is 252 g/mol. The van der Waals surface area contributed by atoms with Crippen LogP contribution in [-0.4, -0.2) is 23.6 Å². The standard InChI is InChI=1S/C13H17FN2O2/c14-10-1-4-12(17)9(7-10)8-15-6-5-13(18)16-11-2-3-11/h1,4,7,11,15,17H,2-3,5-6,8H2,(H,16,18). The van der Waals surface area contributed by atoms with Crippen LogP contribution in [0.4, 0.5) is 4.39 Å². The molecule has 1 amide bonds. The van der Waals surface area contributed by atoms with Crippen LogP contribution in [0, 0.1) is 5.82 Å². The van der Waals surface area contributed by atoms with Gasteiger partial charge in [-0.3, -0.25) is 4.79 Å². The van der Waals surface area contributed by atoms with E-state index >= 15 is 0 Å². The minimum Gasteiger partial charge on any atom is -0.508 e. The zero-order valence-electron chi connectivity index (χ0n) is 10.1. The van der Waals surface area contributed by atoms with Crippen molar-refractivity contribution in [3.8, 4) is 5.75 Å². The van der Waals surface area contributed by atoms with E-state index in [9.17, 15) is 14.3 Å². The monoisotopic (exact) mass is 252 g/mol. The molecule has 18 heavy (non-hydrogen) atoms. The Hall–Kier alpha value is -1.62. The predicted octanol–water partition coefficient (Wildman–Crippen LogP) is 1.29. The van der Waals surface area contributed by atoms with Crippen LogP contribution in [0.15, 0.2) is 18.2 Å². The van der Waals surface area contributed by atoms with Crippen molar-refractivity contribution >= 4 is 5.91 Å². The summed E-state index contributed by atoms with van der Waals surface area (Å²) in [4.78, 5) is 11.4. The van der Waals surface area contributed by atoms with Crippen LogP contribution in [-0.2, 0) is 11.3 Å². The maximum absolute atomic E-state index is 12.9. The van der Waals surface area contributed by atoms with Gasteiger partial charge in [0.15, 0.2) is 0 Å². The van der Waals surface area contributed by atoms with Gasteiger partial charge in [0.2, 0.25) is 5.91 Å². The van der Waals surface area contributed by atoms with E-state index in [1.54, 1.807) is 0 Å². The van der Waals surface area contributed by atoms with Gasteiger partial charge < -0.3 is 15.7 Å². The lowest BCUT2D eigenvalue weighted by molar-refractivity contribution is -0.121. The second kappa shape index (κ2) is 5.82. The third-order valence-corrected chi connectivity index (χ3v) is 2.83. The molecule has 0 saturated heterocycles. The molecule has 0 unspecified atom stereocenters. The first kappa shape index (κ1) is 12.8. The van der Waals surface area contributed by atoms with Crippen molar-refractivity contribution in [2.24, 2.45) is 0 Å². The van der Waals surface area contributed by atoms with Gasteiger partial charge in [-0.2, -0.15) is 0 Å². The average Bonchev–Trinajstić information content (AvgIpc) is 3.13. The van der Waals surface area contributed by atoms with Gasteiger partial charge in [-0.1, -0.05) is 0 Å².